The molecule has 0 bridgehead atoms. The van der Waals surface area contributed by atoms with Crippen LogP contribution in [0.4, 0.5) is 13.2 Å². The Morgan fingerprint density at radius 3 is 2.44 bits per heavy atom. The lowest BCUT2D eigenvalue weighted by Gasteiger charge is -2.14. The number of alkyl halides is 3. The van der Waals surface area contributed by atoms with Crippen LogP contribution < -0.4 is 15.6 Å². The van der Waals surface area contributed by atoms with E-state index in [0.717, 1.165) is 25.0 Å². The molecule has 0 heterocycles. The first-order valence-corrected chi connectivity index (χ1v) is 7.37. The third-order valence-electron chi connectivity index (χ3n) is 3.12. The molecule has 1 saturated carbocycles. The fourth-order valence-electron chi connectivity index (χ4n) is 1.78. The maximum Gasteiger partial charge on any atom is 0.416 e. The van der Waals surface area contributed by atoms with Crippen LogP contribution in [-0.2, 0) is 20.5 Å². The zero-order valence-electron chi connectivity index (χ0n) is 13.1. The van der Waals surface area contributed by atoms with E-state index in [-0.39, 0.29) is 18.5 Å². The number of hydrazine groups is 1. The molecule has 1 fully saturated rings. The molecule has 0 aliphatic heterocycles. The highest BCUT2D eigenvalue weighted by Gasteiger charge is 2.33. The van der Waals surface area contributed by atoms with Gasteiger partial charge in [0.05, 0.1) is 23.8 Å². The van der Waals surface area contributed by atoms with Crippen LogP contribution in [0.2, 0.25) is 0 Å². The molecule has 0 unspecified atom stereocenters. The molecule has 0 spiro atoms. The van der Waals surface area contributed by atoms with Crippen LogP contribution in [0.25, 0.3) is 0 Å². The highest BCUT2D eigenvalue weighted by atomic mass is 19.4. The minimum Gasteiger partial charge on any atom is -0.490 e. The standard InChI is InChI=1S/C15H15F3N2O5/c1-2-24-14(23)13(22)20-19-12(21)10-7-8(15(16,17)18)3-6-11(10)25-9-4-5-9/h3,6-7,9H,2,4-5H2,1H3,(H,19,21)(H,20,22). The van der Waals surface area contributed by atoms with Crippen LogP contribution in [0.3, 0.4) is 0 Å². The molecule has 2 amide bonds. The first-order chi connectivity index (χ1) is 11.7. The molecule has 10 heteroatoms. The molecule has 0 radical (unpaired) electrons. The Morgan fingerprint density at radius 1 is 1.20 bits per heavy atom. The van der Waals surface area contributed by atoms with Gasteiger partial charge in [-0.15, -0.1) is 0 Å². The number of hydrogen-bond acceptors (Lipinski definition) is 5. The van der Waals surface area contributed by atoms with Crippen molar-refractivity contribution in [1.82, 2.24) is 10.9 Å². The van der Waals surface area contributed by atoms with Crippen molar-refractivity contribution in [2.45, 2.75) is 32.0 Å². The zero-order chi connectivity index (χ0) is 18.6. The Balaban J connectivity index is 2.14. The fraction of sp³-hybridized carbons (Fsp3) is 0.400. The Hall–Kier alpha value is -2.78. The van der Waals surface area contributed by atoms with Crippen molar-refractivity contribution in [1.29, 1.82) is 0 Å². The van der Waals surface area contributed by atoms with E-state index in [2.05, 4.69) is 4.74 Å². The SMILES string of the molecule is CCOC(=O)C(=O)NNC(=O)c1cc(C(F)(F)F)ccc1OC1CC1. The van der Waals surface area contributed by atoms with Crippen molar-refractivity contribution in [3.8, 4) is 5.75 Å². The summed E-state index contributed by atoms with van der Waals surface area (Å²) in [4.78, 5) is 34.6. The Morgan fingerprint density at radius 2 is 1.88 bits per heavy atom. The molecule has 1 aliphatic rings. The third-order valence-corrected chi connectivity index (χ3v) is 3.12. The summed E-state index contributed by atoms with van der Waals surface area (Å²) in [6, 6.07) is 2.46. The van der Waals surface area contributed by atoms with Crippen LogP contribution >= 0.6 is 0 Å². The molecule has 1 aliphatic carbocycles. The van der Waals surface area contributed by atoms with Crippen LogP contribution in [0, 0.1) is 0 Å². The maximum absolute atomic E-state index is 12.8. The number of carbonyl (C=O) groups excluding carboxylic acids is 3. The van der Waals surface area contributed by atoms with Crippen LogP contribution in [0.1, 0.15) is 35.7 Å². The molecule has 25 heavy (non-hydrogen) atoms. The molecular formula is C15H15F3N2O5. The van der Waals surface area contributed by atoms with Gasteiger partial charge in [0, 0.05) is 0 Å². The van der Waals surface area contributed by atoms with Crippen molar-refractivity contribution in [2.75, 3.05) is 6.61 Å². The number of rotatable bonds is 4. The minimum absolute atomic E-state index is 0.0432. The Labute approximate surface area is 140 Å². The van der Waals surface area contributed by atoms with E-state index in [1.165, 1.54) is 6.92 Å². The summed E-state index contributed by atoms with van der Waals surface area (Å²) in [6.07, 6.45) is -3.33. The third kappa shape index (κ3) is 5.10. The van der Waals surface area contributed by atoms with Gasteiger partial charge in [-0.05, 0) is 38.0 Å². The lowest BCUT2D eigenvalue weighted by molar-refractivity contribution is -0.154. The zero-order valence-corrected chi connectivity index (χ0v) is 13.1. The predicted molar refractivity (Wildman–Crippen MR) is 77.3 cm³/mol. The second-order valence-corrected chi connectivity index (χ2v) is 5.15. The lowest BCUT2D eigenvalue weighted by atomic mass is 10.1. The predicted octanol–water partition coefficient (Wildman–Crippen LogP) is 1.57. The van der Waals surface area contributed by atoms with Crippen molar-refractivity contribution in [2.24, 2.45) is 0 Å². The number of amides is 2. The van der Waals surface area contributed by atoms with E-state index < -0.39 is 35.1 Å². The number of nitrogens with one attached hydrogen (secondary N) is 2. The van der Waals surface area contributed by atoms with Crippen LogP contribution in [0.15, 0.2) is 18.2 Å². The molecule has 2 N–H and O–H groups in total. The number of ether oxygens (including phenoxy) is 2. The van der Waals surface area contributed by atoms with Gasteiger partial charge >= 0.3 is 18.1 Å². The maximum atomic E-state index is 12.8. The molecule has 1 aromatic carbocycles. The van der Waals surface area contributed by atoms with E-state index in [4.69, 9.17) is 4.74 Å². The summed E-state index contributed by atoms with van der Waals surface area (Å²) in [5.74, 6) is -3.59. The van der Waals surface area contributed by atoms with Gasteiger partial charge in [-0.25, -0.2) is 4.79 Å². The van der Waals surface area contributed by atoms with Gasteiger partial charge in [0.1, 0.15) is 5.75 Å². The smallest absolute Gasteiger partial charge is 0.416 e. The number of esters is 1. The van der Waals surface area contributed by atoms with Gasteiger partial charge in [0.15, 0.2) is 0 Å². The van der Waals surface area contributed by atoms with Gasteiger partial charge in [0.25, 0.3) is 5.91 Å². The van der Waals surface area contributed by atoms with Gasteiger partial charge in [-0.1, -0.05) is 0 Å². The van der Waals surface area contributed by atoms with Crippen molar-refractivity contribution in [3.05, 3.63) is 29.3 Å². The summed E-state index contributed by atoms with van der Waals surface area (Å²) in [5.41, 5.74) is 2.18. The topological polar surface area (TPSA) is 93.7 Å². The van der Waals surface area contributed by atoms with Crippen LogP contribution in [-0.4, -0.2) is 30.5 Å². The van der Waals surface area contributed by atoms with Gasteiger partial charge in [-0.3, -0.25) is 20.4 Å². The molecule has 0 aromatic heterocycles. The summed E-state index contributed by atoms with van der Waals surface area (Å²) in [5, 5.41) is 0. The molecule has 1 aromatic rings. The van der Waals surface area contributed by atoms with Crippen LogP contribution in [0.5, 0.6) is 5.75 Å². The van der Waals surface area contributed by atoms with Crippen molar-refractivity contribution < 1.29 is 37.0 Å². The second-order valence-electron chi connectivity index (χ2n) is 5.15. The fourth-order valence-corrected chi connectivity index (χ4v) is 1.78. The largest absolute Gasteiger partial charge is 0.490 e. The van der Waals surface area contributed by atoms with Gasteiger partial charge in [0.2, 0.25) is 0 Å². The van der Waals surface area contributed by atoms with Crippen molar-refractivity contribution >= 4 is 17.8 Å². The molecule has 0 atom stereocenters. The first-order valence-electron chi connectivity index (χ1n) is 7.37. The van der Waals surface area contributed by atoms with E-state index in [1.807, 2.05) is 5.43 Å². The highest BCUT2D eigenvalue weighted by molar-refractivity contribution is 6.32. The molecular weight excluding hydrogens is 345 g/mol. The number of halogens is 3. The van der Waals surface area contributed by atoms with Crippen molar-refractivity contribution in [3.63, 3.8) is 0 Å². The van der Waals surface area contributed by atoms with E-state index in [9.17, 15) is 27.6 Å². The van der Waals surface area contributed by atoms with Gasteiger partial charge < -0.3 is 9.47 Å². The number of carbonyl (C=O) groups is 3. The summed E-state index contributed by atoms with van der Waals surface area (Å²) in [6.45, 7) is 1.43. The van der Waals surface area contributed by atoms with E-state index in [0.29, 0.717) is 6.07 Å². The molecule has 136 valence electrons. The van der Waals surface area contributed by atoms with Gasteiger partial charge in [-0.2, -0.15) is 13.2 Å². The van der Waals surface area contributed by atoms with E-state index in [1.54, 1.807) is 5.43 Å². The monoisotopic (exact) mass is 360 g/mol. The second kappa shape index (κ2) is 7.41. The normalized spacial score (nSPS) is 13.8. The summed E-state index contributed by atoms with van der Waals surface area (Å²) >= 11 is 0. The quantitative estimate of drug-likeness (QED) is 0.483. The summed E-state index contributed by atoms with van der Waals surface area (Å²) < 4.78 is 48.3. The average Bonchev–Trinajstić information content (AvgIpc) is 3.35. The number of hydrogen-bond donors (Lipinski definition) is 2. The Kier molecular flexibility index (Phi) is 5.50. The van der Waals surface area contributed by atoms with E-state index >= 15 is 0 Å². The average molecular weight is 360 g/mol. The first kappa shape index (κ1) is 18.6. The summed E-state index contributed by atoms with van der Waals surface area (Å²) in [7, 11) is 0. The minimum atomic E-state index is -4.65. The molecule has 0 saturated heterocycles. The Bertz CT molecular complexity index is 686. The highest BCUT2D eigenvalue weighted by Crippen LogP contribution is 2.34. The molecule has 2 rings (SSSR count). The lowest BCUT2D eigenvalue weighted by Crippen LogP contribution is -2.45. The molecule has 7 nitrogen and oxygen atoms in total. The number of benzene rings is 1.